The summed E-state index contributed by atoms with van der Waals surface area (Å²) in [6, 6.07) is 0. The van der Waals surface area contributed by atoms with Crippen LogP contribution in [0.4, 0.5) is 0 Å². The molecule has 104 valence electrons. The van der Waals surface area contributed by atoms with Gasteiger partial charge < -0.3 is 9.80 Å². The summed E-state index contributed by atoms with van der Waals surface area (Å²) in [5, 5.41) is 0. The number of unbranched alkanes of at least 4 members (excludes halogenated alkanes) is 1. The highest BCUT2D eigenvalue weighted by Gasteiger charge is 2.09. The van der Waals surface area contributed by atoms with Crippen LogP contribution in [0, 0.1) is 0 Å². The molecule has 0 radical (unpaired) electrons. The Morgan fingerprint density at radius 2 is 1.47 bits per heavy atom. The summed E-state index contributed by atoms with van der Waals surface area (Å²) in [6.07, 6.45) is 6.88. The van der Waals surface area contributed by atoms with Crippen molar-refractivity contribution in [2.75, 3.05) is 39.3 Å². The van der Waals surface area contributed by atoms with Crippen LogP contribution >= 0.6 is 0 Å². The Morgan fingerprint density at radius 3 is 1.82 bits per heavy atom. The first-order chi connectivity index (χ1) is 8.28. The number of hydrogen-bond donors (Lipinski definition) is 0. The van der Waals surface area contributed by atoms with Crippen LogP contribution in [0.15, 0.2) is 0 Å². The van der Waals surface area contributed by atoms with E-state index in [-0.39, 0.29) is 0 Å². The maximum atomic E-state index is 2.57. The number of nitrogens with zero attached hydrogens (tertiary/aromatic N) is 2. The number of likely N-dealkylation sites (tertiary alicyclic amines) is 1. The Labute approximate surface area is 109 Å². The van der Waals surface area contributed by atoms with Crippen molar-refractivity contribution < 1.29 is 0 Å². The van der Waals surface area contributed by atoms with Crippen LogP contribution in [0.3, 0.4) is 0 Å². The van der Waals surface area contributed by atoms with Crippen molar-refractivity contribution in [3.63, 3.8) is 0 Å². The molecule has 0 spiro atoms. The first-order valence-corrected chi connectivity index (χ1v) is 7.73. The van der Waals surface area contributed by atoms with Gasteiger partial charge in [-0.25, -0.2) is 0 Å². The van der Waals surface area contributed by atoms with Crippen LogP contribution in [0.5, 0.6) is 0 Å². The highest BCUT2D eigenvalue weighted by atomic mass is 15.1. The predicted octanol–water partition coefficient (Wildman–Crippen LogP) is 3.62. The lowest BCUT2D eigenvalue weighted by Crippen LogP contribution is -2.23. The molecule has 1 aliphatic heterocycles. The van der Waals surface area contributed by atoms with E-state index in [1.165, 1.54) is 71.4 Å². The lowest BCUT2D eigenvalue weighted by atomic mass is 10.3. The summed E-state index contributed by atoms with van der Waals surface area (Å²) in [4.78, 5) is 5.00. The van der Waals surface area contributed by atoms with Crippen molar-refractivity contribution in [2.24, 2.45) is 0 Å². The van der Waals surface area contributed by atoms with Crippen LogP contribution in [-0.4, -0.2) is 49.1 Å². The zero-order valence-corrected chi connectivity index (χ0v) is 12.7. The zero-order valence-electron chi connectivity index (χ0n) is 12.7. The Hall–Kier alpha value is -0.0800. The quantitative estimate of drug-likeness (QED) is 0.673. The second-order valence-electron chi connectivity index (χ2n) is 4.93. The van der Waals surface area contributed by atoms with Crippen LogP contribution in [0.1, 0.15) is 59.8 Å². The average Bonchev–Trinajstić information content (AvgIpc) is 2.87. The van der Waals surface area contributed by atoms with E-state index in [9.17, 15) is 0 Å². The minimum Gasteiger partial charge on any atom is -0.304 e. The molecule has 0 aromatic rings. The lowest BCUT2D eigenvalue weighted by Gasteiger charge is -2.15. The van der Waals surface area contributed by atoms with Gasteiger partial charge in [-0.05, 0) is 65.0 Å². The van der Waals surface area contributed by atoms with E-state index < -0.39 is 0 Å². The Morgan fingerprint density at radius 1 is 0.882 bits per heavy atom. The van der Waals surface area contributed by atoms with Gasteiger partial charge in [0.15, 0.2) is 0 Å². The molecule has 1 aliphatic rings. The summed E-state index contributed by atoms with van der Waals surface area (Å²) in [5.74, 6) is 0. The van der Waals surface area contributed by atoms with Gasteiger partial charge in [0.1, 0.15) is 0 Å². The third-order valence-corrected chi connectivity index (χ3v) is 3.46. The van der Waals surface area contributed by atoms with Crippen molar-refractivity contribution in [3.05, 3.63) is 0 Å². The standard InChI is InChI=1S/C8H17N.C7H17N/c1-2-3-6-9-7-4-5-8-9;1-4-7-8(5-2)6-3/h2-8H2,1H3;4-7H2,1-3H3. The first-order valence-electron chi connectivity index (χ1n) is 7.73. The fraction of sp³-hybridized carbons (Fsp3) is 1.00. The topological polar surface area (TPSA) is 6.48 Å². The number of hydrogen-bond acceptors (Lipinski definition) is 2. The minimum atomic E-state index is 1.20. The van der Waals surface area contributed by atoms with Crippen LogP contribution in [0.25, 0.3) is 0 Å². The summed E-state index contributed by atoms with van der Waals surface area (Å²) in [6.45, 7) is 16.6. The maximum Gasteiger partial charge on any atom is -0.00183 e. The molecule has 0 N–H and O–H groups in total. The molecule has 0 atom stereocenters. The second-order valence-corrected chi connectivity index (χ2v) is 4.93. The van der Waals surface area contributed by atoms with Gasteiger partial charge in [-0.3, -0.25) is 0 Å². The average molecular weight is 242 g/mol. The molecule has 1 saturated heterocycles. The van der Waals surface area contributed by atoms with Gasteiger partial charge in [0.05, 0.1) is 0 Å². The monoisotopic (exact) mass is 242 g/mol. The summed E-state index contributed by atoms with van der Waals surface area (Å²) >= 11 is 0. The maximum absolute atomic E-state index is 2.57. The van der Waals surface area contributed by atoms with E-state index in [2.05, 4.69) is 37.5 Å². The van der Waals surface area contributed by atoms with E-state index in [1.807, 2.05) is 0 Å². The summed E-state index contributed by atoms with van der Waals surface area (Å²) in [7, 11) is 0. The Balaban J connectivity index is 0.000000304. The molecule has 0 amide bonds. The molecule has 1 rings (SSSR count). The Bertz CT molecular complexity index is 138. The molecule has 0 saturated carbocycles. The van der Waals surface area contributed by atoms with Crippen molar-refractivity contribution in [3.8, 4) is 0 Å². The van der Waals surface area contributed by atoms with Crippen molar-refractivity contribution in [1.29, 1.82) is 0 Å². The molecule has 2 heteroatoms. The van der Waals surface area contributed by atoms with Crippen molar-refractivity contribution in [2.45, 2.75) is 59.8 Å². The highest BCUT2D eigenvalue weighted by molar-refractivity contribution is 4.64. The fourth-order valence-corrected chi connectivity index (χ4v) is 2.24. The van der Waals surface area contributed by atoms with Gasteiger partial charge in [-0.15, -0.1) is 0 Å². The van der Waals surface area contributed by atoms with Gasteiger partial charge in [0.2, 0.25) is 0 Å². The minimum absolute atomic E-state index is 1.20. The third kappa shape index (κ3) is 9.61. The highest BCUT2D eigenvalue weighted by Crippen LogP contribution is 2.07. The molecule has 0 aromatic heterocycles. The fourth-order valence-electron chi connectivity index (χ4n) is 2.24. The SMILES string of the molecule is CCCCN1CCCC1.CCCN(CC)CC. The van der Waals surface area contributed by atoms with Gasteiger partial charge in [0.25, 0.3) is 0 Å². The summed E-state index contributed by atoms with van der Waals surface area (Å²) in [5.41, 5.74) is 0. The smallest absolute Gasteiger partial charge is 0.00183 e. The lowest BCUT2D eigenvalue weighted by molar-refractivity contribution is 0.304. The van der Waals surface area contributed by atoms with Gasteiger partial charge >= 0.3 is 0 Å². The van der Waals surface area contributed by atoms with Crippen LogP contribution < -0.4 is 0 Å². The molecule has 0 bridgehead atoms. The number of rotatable bonds is 7. The molecule has 17 heavy (non-hydrogen) atoms. The van der Waals surface area contributed by atoms with E-state index in [0.29, 0.717) is 0 Å². The first kappa shape index (κ1) is 16.9. The third-order valence-electron chi connectivity index (χ3n) is 3.46. The van der Waals surface area contributed by atoms with E-state index >= 15 is 0 Å². The second kappa shape index (κ2) is 12.4. The summed E-state index contributed by atoms with van der Waals surface area (Å²) < 4.78 is 0. The van der Waals surface area contributed by atoms with Crippen molar-refractivity contribution >= 4 is 0 Å². The molecular formula is C15H34N2. The molecule has 1 heterocycles. The predicted molar refractivity (Wildman–Crippen MR) is 78.7 cm³/mol. The Kier molecular flexibility index (Phi) is 12.3. The molecular weight excluding hydrogens is 208 g/mol. The molecule has 0 unspecified atom stereocenters. The zero-order chi connectivity index (χ0) is 12.9. The van der Waals surface area contributed by atoms with Crippen LogP contribution in [-0.2, 0) is 0 Å². The van der Waals surface area contributed by atoms with E-state index in [1.54, 1.807) is 0 Å². The van der Waals surface area contributed by atoms with Gasteiger partial charge in [-0.1, -0.05) is 34.1 Å². The molecule has 0 aliphatic carbocycles. The van der Waals surface area contributed by atoms with Crippen LogP contribution in [0.2, 0.25) is 0 Å². The van der Waals surface area contributed by atoms with Gasteiger partial charge in [-0.2, -0.15) is 0 Å². The normalized spacial score (nSPS) is 16.1. The largest absolute Gasteiger partial charge is 0.304 e. The molecule has 0 aromatic carbocycles. The van der Waals surface area contributed by atoms with E-state index in [4.69, 9.17) is 0 Å². The molecule has 1 fully saturated rings. The molecule has 2 nitrogen and oxygen atoms in total. The van der Waals surface area contributed by atoms with Crippen molar-refractivity contribution in [1.82, 2.24) is 9.80 Å². The van der Waals surface area contributed by atoms with E-state index in [0.717, 1.165) is 0 Å². The van der Waals surface area contributed by atoms with Gasteiger partial charge in [0, 0.05) is 0 Å².